The quantitative estimate of drug-likeness (QED) is 0.453. The number of hydrogen-bond acceptors (Lipinski definition) is 0. The Hall–Kier alpha value is -3.21. The van der Waals surface area contributed by atoms with Gasteiger partial charge in [0.15, 0.2) is 5.70 Å². The van der Waals surface area contributed by atoms with Crippen molar-refractivity contribution in [2.24, 2.45) is 0 Å². The summed E-state index contributed by atoms with van der Waals surface area (Å²) in [5, 5.41) is 0. The Kier molecular flexibility index (Phi) is 4.01. The molecule has 5 heteroatoms. The lowest BCUT2D eigenvalue weighted by Crippen LogP contribution is -2.51. The average Bonchev–Trinajstić information content (AvgIpc) is 3.19. The second-order valence-corrected chi connectivity index (χ2v) is 8.28. The lowest BCUT2D eigenvalue weighted by Gasteiger charge is -2.34. The van der Waals surface area contributed by atoms with Crippen LogP contribution in [-0.2, 0) is 0 Å². The Morgan fingerprint density at radius 3 is 2.07 bits per heavy atom. The highest BCUT2D eigenvalue weighted by molar-refractivity contribution is 6.58. The molecule has 0 radical (unpaired) electrons. The van der Waals surface area contributed by atoms with Crippen molar-refractivity contribution >= 4 is 18.3 Å². The summed E-state index contributed by atoms with van der Waals surface area (Å²) in [6.07, 6.45) is 1.86. The maximum atomic E-state index is 15.7. The third-order valence-corrected chi connectivity index (χ3v) is 6.22. The fourth-order valence-electron chi connectivity index (χ4n) is 5.03. The number of hydrogen-bond donors (Lipinski definition) is 0. The topological polar surface area (TPSA) is 7.94 Å². The molecule has 0 fully saturated rings. The Morgan fingerprint density at radius 1 is 0.800 bits per heavy atom. The number of halogens is 2. The standard InChI is InChI=1S/C25H23BF2N2/c1-16-14-18(3)29-24(16)23(25-17(2)15-19(4)30(25)26(29,27)28)22-12-10-21(11-13-22)20-8-6-5-7-9-20/h5-15H,1-4H3. The van der Waals surface area contributed by atoms with E-state index in [1.54, 1.807) is 13.8 Å². The molecule has 5 rings (SSSR count). The molecular weight excluding hydrogens is 377 g/mol. The number of benzene rings is 2. The molecule has 0 saturated heterocycles. The number of fused-ring (bicyclic) bond motifs is 2. The van der Waals surface area contributed by atoms with Crippen molar-refractivity contribution in [1.82, 2.24) is 4.48 Å². The number of aryl methyl sites for hydroxylation is 2. The molecule has 30 heavy (non-hydrogen) atoms. The summed E-state index contributed by atoms with van der Waals surface area (Å²) in [6, 6.07) is 20.3. The van der Waals surface area contributed by atoms with Gasteiger partial charge in [0.2, 0.25) is 0 Å². The first-order valence-corrected chi connectivity index (χ1v) is 10.2. The Bertz CT molecular complexity index is 1280. The predicted octanol–water partition coefficient (Wildman–Crippen LogP) is 6.20. The average molecular weight is 400 g/mol. The minimum atomic E-state index is -3.94. The van der Waals surface area contributed by atoms with E-state index in [1.807, 2.05) is 56.3 Å². The van der Waals surface area contributed by atoms with Crippen molar-refractivity contribution in [2.45, 2.75) is 27.7 Å². The van der Waals surface area contributed by atoms with E-state index in [-0.39, 0.29) is 0 Å². The van der Waals surface area contributed by atoms with Crippen LogP contribution in [-0.4, -0.2) is 21.6 Å². The van der Waals surface area contributed by atoms with Crippen LogP contribution >= 0.6 is 0 Å². The minimum Gasteiger partial charge on any atom is -0.393 e. The molecule has 2 aliphatic rings. The smallest absolute Gasteiger partial charge is 0.393 e. The van der Waals surface area contributed by atoms with Gasteiger partial charge in [-0.1, -0.05) is 54.6 Å². The Labute approximate surface area is 175 Å². The van der Waals surface area contributed by atoms with E-state index in [0.29, 0.717) is 22.8 Å². The van der Waals surface area contributed by atoms with Gasteiger partial charge in [-0.3, -0.25) is 0 Å². The molecule has 3 heterocycles. The fourth-order valence-corrected chi connectivity index (χ4v) is 5.03. The number of nitrogens with zero attached hydrogens (tertiary/aromatic N) is 2. The molecule has 0 unspecified atom stereocenters. The third kappa shape index (κ3) is 2.51. The van der Waals surface area contributed by atoms with Crippen molar-refractivity contribution in [2.75, 3.05) is 0 Å². The largest absolute Gasteiger partial charge is 0.737 e. The molecule has 2 nitrogen and oxygen atoms in total. The molecule has 2 aliphatic heterocycles. The first-order valence-electron chi connectivity index (χ1n) is 10.2. The van der Waals surface area contributed by atoms with E-state index in [0.717, 1.165) is 33.4 Å². The van der Waals surface area contributed by atoms with Gasteiger partial charge < -0.3 is 17.6 Å². The van der Waals surface area contributed by atoms with Gasteiger partial charge in [0.05, 0.1) is 5.57 Å². The molecule has 1 aromatic heterocycles. The maximum Gasteiger partial charge on any atom is 0.737 e. The third-order valence-electron chi connectivity index (χ3n) is 6.22. The van der Waals surface area contributed by atoms with Crippen LogP contribution in [0.1, 0.15) is 36.4 Å². The van der Waals surface area contributed by atoms with Gasteiger partial charge in [0.1, 0.15) is 5.71 Å². The zero-order valence-electron chi connectivity index (χ0n) is 17.6. The molecule has 0 spiro atoms. The van der Waals surface area contributed by atoms with Gasteiger partial charge in [0.25, 0.3) is 0 Å². The molecule has 3 aromatic rings. The first-order chi connectivity index (χ1) is 14.3. The molecule has 0 atom stereocenters. The highest BCUT2D eigenvalue weighted by Crippen LogP contribution is 2.44. The first kappa shape index (κ1) is 18.8. The van der Waals surface area contributed by atoms with E-state index >= 15 is 8.63 Å². The predicted molar refractivity (Wildman–Crippen MR) is 120 cm³/mol. The van der Waals surface area contributed by atoms with E-state index in [4.69, 9.17) is 0 Å². The second kappa shape index (κ2) is 6.40. The van der Waals surface area contributed by atoms with E-state index in [9.17, 15) is 0 Å². The zero-order chi connectivity index (χ0) is 21.2. The molecule has 0 amide bonds. The summed E-state index contributed by atoms with van der Waals surface area (Å²) in [5.74, 6) is 0. The molecule has 0 N–H and O–H groups in total. The lowest BCUT2D eigenvalue weighted by atomic mass is 9.83. The number of allylic oxidation sites excluding steroid dienone is 2. The summed E-state index contributed by atoms with van der Waals surface area (Å²) in [6.45, 7) is 3.43. The van der Waals surface area contributed by atoms with Crippen LogP contribution < -0.4 is 0 Å². The normalized spacial score (nSPS) is 17.2. The van der Waals surface area contributed by atoms with Crippen LogP contribution in [0.15, 0.2) is 78.0 Å². The van der Waals surface area contributed by atoms with Crippen LogP contribution in [0, 0.1) is 13.8 Å². The second-order valence-electron chi connectivity index (χ2n) is 8.28. The van der Waals surface area contributed by atoms with Gasteiger partial charge in [-0.05, 0) is 54.8 Å². The van der Waals surface area contributed by atoms with Crippen molar-refractivity contribution in [3.63, 3.8) is 0 Å². The van der Waals surface area contributed by atoms with Crippen LogP contribution in [0.2, 0.25) is 0 Å². The number of rotatable bonds is 2. The summed E-state index contributed by atoms with van der Waals surface area (Å²) >= 11 is 0. The maximum absolute atomic E-state index is 15.7. The molecule has 2 aromatic carbocycles. The summed E-state index contributed by atoms with van der Waals surface area (Å²) in [5.41, 5.74) is 8.24. The van der Waals surface area contributed by atoms with E-state index in [2.05, 4.69) is 24.3 Å². The molecule has 150 valence electrons. The van der Waals surface area contributed by atoms with Gasteiger partial charge in [-0.25, -0.2) is 0 Å². The van der Waals surface area contributed by atoms with E-state index < -0.39 is 6.97 Å². The van der Waals surface area contributed by atoms with Crippen molar-refractivity contribution in [3.05, 3.63) is 101 Å². The van der Waals surface area contributed by atoms with Gasteiger partial charge in [0, 0.05) is 24.3 Å². The number of aromatic nitrogens is 1. The highest BCUT2D eigenvalue weighted by atomic mass is 19.2. The zero-order valence-corrected chi connectivity index (χ0v) is 17.6. The van der Waals surface area contributed by atoms with Crippen molar-refractivity contribution in [1.29, 1.82) is 0 Å². The van der Waals surface area contributed by atoms with Gasteiger partial charge >= 0.3 is 6.97 Å². The molecule has 0 aliphatic carbocycles. The van der Waals surface area contributed by atoms with Crippen LogP contribution in [0.4, 0.5) is 8.63 Å². The molecule has 0 saturated carbocycles. The van der Waals surface area contributed by atoms with Crippen LogP contribution in [0.5, 0.6) is 0 Å². The lowest BCUT2D eigenvalue weighted by molar-refractivity contribution is -0.363. The fraction of sp³-hybridized carbons (Fsp3) is 0.160. The Morgan fingerprint density at radius 2 is 1.40 bits per heavy atom. The SMILES string of the molecule is CC1=CC(C)=[N+]2C1=C(c1ccc(-c3ccccc3)cc1)c1c(C)cc(C)n1[B-]2(F)F. The molecule has 0 bridgehead atoms. The van der Waals surface area contributed by atoms with Crippen LogP contribution in [0.25, 0.3) is 16.7 Å². The Balaban J connectivity index is 1.78. The summed E-state index contributed by atoms with van der Waals surface area (Å²) < 4.78 is 33.9. The van der Waals surface area contributed by atoms with Gasteiger partial charge in [-0.15, -0.1) is 0 Å². The molecular formula is C25H23BF2N2. The van der Waals surface area contributed by atoms with Gasteiger partial charge in [-0.2, -0.15) is 0 Å². The summed E-state index contributed by atoms with van der Waals surface area (Å²) in [4.78, 5) is 0. The van der Waals surface area contributed by atoms with Crippen molar-refractivity contribution < 1.29 is 13.1 Å². The van der Waals surface area contributed by atoms with Crippen molar-refractivity contribution in [3.8, 4) is 11.1 Å². The van der Waals surface area contributed by atoms with Crippen LogP contribution in [0.3, 0.4) is 0 Å². The summed E-state index contributed by atoms with van der Waals surface area (Å²) in [7, 11) is 0. The highest BCUT2D eigenvalue weighted by Gasteiger charge is 2.55. The minimum absolute atomic E-state index is 0.585. The van der Waals surface area contributed by atoms with E-state index in [1.165, 1.54) is 8.96 Å². The monoisotopic (exact) mass is 400 g/mol.